The summed E-state index contributed by atoms with van der Waals surface area (Å²) in [4.78, 5) is 11.5. The van der Waals surface area contributed by atoms with Crippen LogP contribution >= 0.6 is 11.8 Å². The molecule has 3 nitrogen and oxygen atoms in total. The Labute approximate surface area is 97.0 Å². The summed E-state index contributed by atoms with van der Waals surface area (Å²) in [6, 6.07) is 0. The van der Waals surface area contributed by atoms with E-state index < -0.39 is 0 Å². The maximum atomic E-state index is 11.5. The highest BCUT2D eigenvalue weighted by atomic mass is 32.2. The molecule has 0 saturated heterocycles. The summed E-state index contributed by atoms with van der Waals surface area (Å²) in [5, 5.41) is 11.7. The number of hydrogen-bond acceptors (Lipinski definition) is 3. The Morgan fingerprint density at radius 2 is 2.13 bits per heavy atom. The summed E-state index contributed by atoms with van der Waals surface area (Å²) < 4.78 is 0. The van der Waals surface area contributed by atoms with E-state index in [4.69, 9.17) is 5.11 Å². The molecule has 0 aromatic carbocycles. The van der Waals surface area contributed by atoms with E-state index in [0.717, 1.165) is 12.2 Å². The van der Waals surface area contributed by atoms with Gasteiger partial charge in [-0.15, -0.1) is 0 Å². The number of aliphatic hydroxyl groups excluding tert-OH is 1. The van der Waals surface area contributed by atoms with Crippen LogP contribution in [0.15, 0.2) is 0 Å². The van der Waals surface area contributed by atoms with Gasteiger partial charge in [0.15, 0.2) is 0 Å². The van der Waals surface area contributed by atoms with Crippen LogP contribution in [0.4, 0.5) is 0 Å². The lowest BCUT2D eigenvalue weighted by Crippen LogP contribution is -2.44. The lowest BCUT2D eigenvalue weighted by Gasteiger charge is -2.25. The van der Waals surface area contributed by atoms with Gasteiger partial charge in [0.05, 0.1) is 5.75 Å². The van der Waals surface area contributed by atoms with Gasteiger partial charge in [0.2, 0.25) is 5.91 Å². The highest BCUT2D eigenvalue weighted by Crippen LogP contribution is 2.09. The van der Waals surface area contributed by atoms with Gasteiger partial charge in [-0.1, -0.05) is 13.3 Å². The maximum absolute atomic E-state index is 11.5. The number of thioether (sulfide) groups is 1. The van der Waals surface area contributed by atoms with Gasteiger partial charge in [-0.2, -0.15) is 11.8 Å². The lowest BCUT2D eigenvalue weighted by molar-refractivity contribution is -0.120. The van der Waals surface area contributed by atoms with E-state index in [2.05, 4.69) is 12.2 Å². The Morgan fingerprint density at radius 3 is 2.67 bits per heavy atom. The van der Waals surface area contributed by atoms with Gasteiger partial charge in [-0.3, -0.25) is 4.79 Å². The summed E-state index contributed by atoms with van der Waals surface area (Å²) in [6.07, 6.45) is 2.93. The van der Waals surface area contributed by atoms with Gasteiger partial charge >= 0.3 is 0 Å². The highest BCUT2D eigenvalue weighted by Gasteiger charge is 2.19. The van der Waals surface area contributed by atoms with Crippen LogP contribution in [-0.4, -0.2) is 34.7 Å². The third kappa shape index (κ3) is 8.75. The molecule has 2 N–H and O–H groups in total. The van der Waals surface area contributed by atoms with Crippen molar-refractivity contribution >= 4 is 17.7 Å². The molecule has 15 heavy (non-hydrogen) atoms. The normalized spacial score (nSPS) is 11.5. The fourth-order valence-corrected chi connectivity index (χ4v) is 2.06. The highest BCUT2D eigenvalue weighted by molar-refractivity contribution is 7.99. The molecule has 0 atom stereocenters. The molecule has 0 aromatic heterocycles. The summed E-state index contributed by atoms with van der Waals surface area (Å²) >= 11 is 1.67. The number of nitrogens with one attached hydrogen (secondary N) is 1. The summed E-state index contributed by atoms with van der Waals surface area (Å²) in [5.41, 5.74) is -0.294. The molecule has 1 amide bonds. The van der Waals surface area contributed by atoms with Crippen LogP contribution in [0, 0.1) is 0 Å². The Kier molecular flexibility index (Phi) is 7.88. The van der Waals surface area contributed by atoms with Crippen molar-refractivity contribution in [1.82, 2.24) is 5.32 Å². The zero-order valence-corrected chi connectivity index (χ0v) is 10.8. The minimum atomic E-state index is -0.294. The summed E-state index contributed by atoms with van der Waals surface area (Å²) in [6.45, 7) is 6.11. The average Bonchev–Trinajstić information content (AvgIpc) is 2.11. The predicted octanol–water partition coefficient (Wildman–Crippen LogP) is 1.80. The van der Waals surface area contributed by atoms with Crippen molar-refractivity contribution < 1.29 is 9.90 Å². The number of carbonyl (C=O) groups is 1. The van der Waals surface area contributed by atoms with Crippen LogP contribution in [0.3, 0.4) is 0 Å². The van der Waals surface area contributed by atoms with Crippen molar-refractivity contribution in [1.29, 1.82) is 0 Å². The first kappa shape index (κ1) is 14.8. The molecule has 4 heteroatoms. The third-order valence-corrected chi connectivity index (χ3v) is 3.13. The smallest absolute Gasteiger partial charge is 0.230 e. The Balaban J connectivity index is 3.63. The van der Waals surface area contributed by atoms with E-state index in [-0.39, 0.29) is 18.1 Å². The van der Waals surface area contributed by atoms with Gasteiger partial charge < -0.3 is 10.4 Å². The van der Waals surface area contributed by atoms with Crippen LogP contribution < -0.4 is 5.32 Å². The second kappa shape index (κ2) is 7.99. The number of carbonyl (C=O) groups excluding carboxylic acids is 1. The van der Waals surface area contributed by atoms with Crippen LogP contribution in [-0.2, 0) is 4.79 Å². The van der Waals surface area contributed by atoms with Crippen molar-refractivity contribution in [3.63, 3.8) is 0 Å². The number of amides is 1. The maximum Gasteiger partial charge on any atom is 0.230 e. The molecular formula is C11H23NO2S. The molecule has 0 spiro atoms. The zero-order valence-electron chi connectivity index (χ0n) is 10.0. The van der Waals surface area contributed by atoms with Crippen LogP contribution in [0.25, 0.3) is 0 Å². The molecule has 0 fully saturated rings. The molecule has 0 rings (SSSR count). The topological polar surface area (TPSA) is 49.3 Å². The van der Waals surface area contributed by atoms with Gasteiger partial charge in [0, 0.05) is 12.1 Å². The average molecular weight is 233 g/mol. The minimum absolute atomic E-state index is 0.0644. The lowest BCUT2D eigenvalue weighted by atomic mass is 10.0. The molecule has 0 radical (unpaired) electrons. The second-order valence-corrected chi connectivity index (χ2v) is 5.42. The first-order valence-electron chi connectivity index (χ1n) is 5.51. The molecule has 0 saturated carbocycles. The molecular weight excluding hydrogens is 210 g/mol. The Hall–Kier alpha value is -0.220. The van der Waals surface area contributed by atoms with Gasteiger partial charge in [-0.05, 0) is 32.4 Å². The molecule has 0 aliphatic heterocycles. The van der Waals surface area contributed by atoms with E-state index in [1.165, 1.54) is 6.42 Å². The monoisotopic (exact) mass is 233 g/mol. The van der Waals surface area contributed by atoms with E-state index >= 15 is 0 Å². The number of unbranched alkanes of at least 4 members (excludes halogenated alkanes) is 1. The number of hydrogen-bond donors (Lipinski definition) is 2. The van der Waals surface area contributed by atoms with E-state index in [9.17, 15) is 4.79 Å². The van der Waals surface area contributed by atoms with Crippen LogP contribution in [0.5, 0.6) is 0 Å². The van der Waals surface area contributed by atoms with Gasteiger partial charge in [0.25, 0.3) is 0 Å². The van der Waals surface area contributed by atoms with Crippen molar-refractivity contribution in [2.24, 2.45) is 0 Å². The van der Waals surface area contributed by atoms with Gasteiger partial charge in [-0.25, -0.2) is 0 Å². The Bertz CT molecular complexity index is 183. The molecule has 0 aliphatic carbocycles. The van der Waals surface area contributed by atoms with Crippen molar-refractivity contribution in [2.75, 3.05) is 18.1 Å². The molecule has 0 bridgehead atoms. The standard InChI is InChI=1S/C11H23NO2S/c1-4-5-8-15-9-10(14)12-11(2,3)6-7-13/h13H,4-9H2,1-3H3,(H,12,14). The van der Waals surface area contributed by atoms with Crippen LogP contribution in [0.2, 0.25) is 0 Å². The largest absolute Gasteiger partial charge is 0.396 e. The minimum Gasteiger partial charge on any atom is -0.396 e. The quantitative estimate of drug-likeness (QED) is 0.629. The summed E-state index contributed by atoms with van der Waals surface area (Å²) in [7, 11) is 0. The SMILES string of the molecule is CCCCSCC(=O)NC(C)(C)CCO. The van der Waals surface area contributed by atoms with Crippen LogP contribution in [0.1, 0.15) is 40.0 Å². The Morgan fingerprint density at radius 1 is 1.47 bits per heavy atom. The first-order chi connectivity index (χ1) is 7.02. The van der Waals surface area contributed by atoms with Crippen molar-refractivity contribution in [3.8, 4) is 0 Å². The predicted molar refractivity (Wildman–Crippen MR) is 66.2 cm³/mol. The van der Waals surface area contributed by atoms with E-state index in [1.54, 1.807) is 11.8 Å². The molecule has 0 aromatic rings. The zero-order chi connectivity index (χ0) is 11.7. The second-order valence-electron chi connectivity index (χ2n) is 4.31. The third-order valence-electron chi connectivity index (χ3n) is 2.09. The fourth-order valence-electron chi connectivity index (χ4n) is 1.17. The first-order valence-corrected chi connectivity index (χ1v) is 6.67. The molecule has 0 aliphatic rings. The molecule has 90 valence electrons. The van der Waals surface area contributed by atoms with E-state index in [1.807, 2.05) is 13.8 Å². The number of rotatable bonds is 8. The number of aliphatic hydroxyl groups is 1. The van der Waals surface area contributed by atoms with Gasteiger partial charge in [0.1, 0.15) is 0 Å². The fraction of sp³-hybridized carbons (Fsp3) is 0.909. The van der Waals surface area contributed by atoms with Crippen molar-refractivity contribution in [2.45, 2.75) is 45.6 Å². The molecule has 0 unspecified atom stereocenters. The molecule has 0 heterocycles. The summed E-state index contributed by atoms with van der Waals surface area (Å²) in [5.74, 6) is 1.63. The van der Waals surface area contributed by atoms with E-state index in [0.29, 0.717) is 12.2 Å². The van der Waals surface area contributed by atoms with Crippen molar-refractivity contribution in [3.05, 3.63) is 0 Å².